The Labute approximate surface area is 172 Å². The fourth-order valence-corrected chi connectivity index (χ4v) is 4.92. The molecule has 0 aliphatic carbocycles. The van der Waals surface area contributed by atoms with Crippen molar-refractivity contribution in [1.29, 1.82) is 0 Å². The normalized spacial score (nSPS) is 23.4. The molecule has 2 fully saturated rings. The van der Waals surface area contributed by atoms with Crippen molar-refractivity contribution in [3.05, 3.63) is 65.2 Å². The quantitative estimate of drug-likeness (QED) is 0.800. The molecule has 152 valence electrons. The van der Waals surface area contributed by atoms with Gasteiger partial charge in [-0.2, -0.15) is 0 Å². The van der Waals surface area contributed by atoms with Gasteiger partial charge in [0.15, 0.2) is 0 Å². The fraction of sp³-hybridized carbons (Fsp3) is 0.417. The summed E-state index contributed by atoms with van der Waals surface area (Å²) >= 11 is 0. The molecule has 0 unspecified atom stereocenters. The van der Waals surface area contributed by atoms with Crippen LogP contribution in [-0.2, 0) is 0 Å². The third-order valence-electron chi connectivity index (χ3n) is 6.05. The molecule has 0 aromatic heterocycles. The van der Waals surface area contributed by atoms with Gasteiger partial charge in [-0.3, -0.25) is 4.79 Å². The molecular formula is C24H29N3O2. The van der Waals surface area contributed by atoms with Crippen molar-refractivity contribution in [2.24, 2.45) is 0 Å². The van der Waals surface area contributed by atoms with Gasteiger partial charge >= 0.3 is 6.03 Å². The maximum atomic E-state index is 13.1. The van der Waals surface area contributed by atoms with Crippen LogP contribution >= 0.6 is 0 Å². The van der Waals surface area contributed by atoms with Crippen molar-refractivity contribution in [2.75, 3.05) is 5.32 Å². The number of anilines is 1. The predicted octanol–water partition coefficient (Wildman–Crippen LogP) is 4.65. The van der Waals surface area contributed by atoms with Crippen LogP contribution in [0.15, 0.2) is 48.5 Å². The van der Waals surface area contributed by atoms with Crippen molar-refractivity contribution < 1.29 is 9.59 Å². The van der Waals surface area contributed by atoms with Gasteiger partial charge in [-0.25, -0.2) is 4.79 Å². The second kappa shape index (κ2) is 8.27. The predicted molar refractivity (Wildman–Crippen MR) is 115 cm³/mol. The molecule has 2 saturated heterocycles. The highest BCUT2D eigenvalue weighted by atomic mass is 16.2. The molecule has 4 rings (SSSR count). The van der Waals surface area contributed by atoms with Crippen LogP contribution in [-0.4, -0.2) is 35.0 Å². The molecule has 0 spiro atoms. The van der Waals surface area contributed by atoms with Crippen molar-refractivity contribution in [1.82, 2.24) is 10.2 Å². The fourth-order valence-electron chi connectivity index (χ4n) is 4.92. The number of fused-ring (bicyclic) bond motifs is 2. The van der Waals surface area contributed by atoms with Crippen LogP contribution in [0.25, 0.3) is 0 Å². The summed E-state index contributed by atoms with van der Waals surface area (Å²) in [5, 5.41) is 6.29. The molecule has 3 amide bonds. The Morgan fingerprint density at radius 3 is 2.17 bits per heavy atom. The number of benzene rings is 2. The number of piperidine rings is 2. The average molecular weight is 392 g/mol. The minimum atomic E-state index is -0.0261. The van der Waals surface area contributed by atoms with Crippen LogP contribution in [0.3, 0.4) is 0 Å². The van der Waals surface area contributed by atoms with Gasteiger partial charge in [-0.15, -0.1) is 0 Å². The lowest BCUT2D eigenvalue weighted by molar-refractivity contribution is 0.0577. The van der Waals surface area contributed by atoms with E-state index < -0.39 is 0 Å². The maximum absolute atomic E-state index is 13.1. The smallest absolute Gasteiger partial charge is 0.322 e. The van der Waals surface area contributed by atoms with Crippen molar-refractivity contribution >= 4 is 17.6 Å². The van der Waals surface area contributed by atoms with Gasteiger partial charge in [0.2, 0.25) is 0 Å². The van der Waals surface area contributed by atoms with E-state index in [1.54, 1.807) is 0 Å². The third-order valence-corrected chi connectivity index (χ3v) is 6.05. The van der Waals surface area contributed by atoms with E-state index in [4.69, 9.17) is 0 Å². The van der Waals surface area contributed by atoms with E-state index in [0.29, 0.717) is 5.56 Å². The first kappa shape index (κ1) is 19.5. The first-order valence-electron chi connectivity index (χ1n) is 10.5. The van der Waals surface area contributed by atoms with Crippen molar-refractivity contribution in [3.63, 3.8) is 0 Å². The Balaban J connectivity index is 1.43. The number of hydrogen-bond donors (Lipinski definition) is 2. The molecule has 2 aliphatic heterocycles. The summed E-state index contributed by atoms with van der Waals surface area (Å²) in [6.07, 6.45) is 4.76. The maximum Gasteiger partial charge on any atom is 0.322 e. The summed E-state index contributed by atoms with van der Waals surface area (Å²) in [4.78, 5) is 27.7. The summed E-state index contributed by atoms with van der Waals surface area (Å²) in [5.74, 6) is -0.0261. The molecule has 2 heterocycles. The van der Waals surface area contributed by atoms with Gasteiger partial charge in [0, 0.05) is 29.4 Å². The van der Waals surface area contributed by atoms with Gasteiger partial charge in [-0.05, 0) is 81.3 Å². The van der Waals surface area contributed by atoms with E-state index in [2.05, 4.69) is 16.7 Å². The Morgan fingerprint density at radius 1 is 0.931 bits per heavy atom. The Morgan fingerprint density at radius 2 is 1.55 bits per heavy atom. The zero-order valence-corrected chi connectivity index (χ0v) is 17.2. The van der Waals surface area contributed by atoms with Crippen LogP contribution in [0.4, 0.5) is 10.5 Å². The highest BCUT2D eigenvalue weighted by Crippen LogP contribution is 2.34. The molecule has 2 aromatic carbocycles. The molecule has 0 radical (unpaired) electrons. The van der Waals surface area contributed by atoms with E-state index in [-0.39, 0.29) is 30.1 Å². The lowest BCUT2D eigenvalue weighted by atomic mass is 9.82. The number of rotatable bonds is 3. The molecule has 2 aliphatic rings. The second-order valence-corrected chi connectivity index (χ2v) is 8.46. The lowest BCUT2D eigenvalue weighted by Gasteiger charge is -2.48. The highest BCUT2D eigenvalue weighted by Gasteiger charge is 2.41. The molecule has 2 N–H and O–H groups in total. The number of hydrogen-bond acceptors (Lipinski definition) is 2. The molecule has 29 heavy (non-hydrogen) atoms. The van der Waals surface area contributed by atoms with Crippen LogP contribution < -0.4 is 10.6 Å². The number of aryl methyl sites for hydroxylation is 2. The van der Waals surface area contributed by atoms with Gasteiger partial charge in [-0.1, -0.05) is 24.3 Å². The number of nitrogens with zero attached hydrogens (tertiary/aromatic N) is 1. The average Bonchev–Trinajstić information content (AvgIpc) is 2.67. The molecule has 2 bridgehead atoms. The topological polar surface area (TPSA) is 61.4 Å². The van der Waals surface area contributed by atoms with E-state index in [0.717, 1.165) is 48.9 Å². The van der Waals surface area contributed by atoms with Gasteiger partial charge in [0.05, 0.1) is 0 Å². The molecular weight excluding hydrogens is 362 g/mol. The van der Waals surface area contributed by atoms with E-state index in [1.165, 1.54) is 0 Å². The van der Waals surface area contributed by atoms with Crippen LogP contribution in [0.5, 0.6) is 0 Å². The number of carbonyl (C=O) groups excluding carboxylic acids is 2. The lowest BCUT2D eigenvalue weighted by Crippen LogP contribution is -2.59. The summed E-state index contributed by atoms with van der Waals surface area (Å²) in [6, 6.07) is 15.9. The Kier molecular flexibility index (Phi) is 5.56. The molecule has 5 nitrogen and oxygen atoms in total. The first-order chi connectivity index (χ1) is 14.0. The molecule has 2 aromatic rings. The third kappa shape index (κ3) is 4.44. The minimum Gasteiger partial charge on any atom is -0.349 e. The van der Waals surface area contributed by atoms with Crippen LogP contribution in [0.2, 0.25) is 0 Å². The van der Waals surface area contributed by atoms with E-state index in [1.807, 2.05) is 61.2 Å². The summed E-state index contributed by atoms with van der Waals surface area (Å²) in [7, 11) is 0. The largest absolute Gasteiger partial charge is 0.349 e. The number of urea groups is 1. The Bertz CT molecular complexity index is 862. The van der Waals surface area contributed by atoms with Crippen molar-refractivity contribution in [2.45, 2.75) is 64.1 Å². The number of nitrogens with one attached hydrogen (secondary N) is 2. The van der Waals surface area contributed by atoms with Gasteiger partial charge in [0.1, 0.15) is 0 Å². The first-order valence-corrected chi connectivity index (χ1v) is 10.5. The standard InChI is InChI=1S/C24H29N3O2/c1-16-11-17(2)13-19(12-16)26-24(29)27-21-9-6-10-22(27)15-20(14-21)25-23(28)18-7-4-3-5-8-18/h3-5,7-8,11-13,20-22H,6,9-10,14-15H2,1-2H3,(H,25,28)(H,26,29)/t21-,22-/m0/s1. The molecule has 2 atom stereocenters. The zero-order chi connectivity index (χ0) is 20.4. The number of carbonyl (C=O) groups is 2. The van der Waals surface area contributed by atoms with Crippen LogP contribution in [0.1, 0.15) is 53.6 Å². The monoisotopic (exact) mass is 391 g/mol. The Hall–Kier alpha value is -2.82. The van der Waals surface area contributed by atoms with E-state index >= 15 is 0 Å². The van der Waals surface area contributed by atoms with Gasteiger partial charge < -0.3 is 15.5 Å². The van der Waals surface area contributed by atoms with Gasteiger partial charge in [0.25, 0.3) is 5.91 Å². The van der Waals surface area contributed by atoms with E-state index in [9.17, 15) is 9.59 Å². The summed E-state index contributed by atoms with van der Waals surface area (Å²) in [6.45, 7) is 4.08. The SMILES string of the molecule is Cc1cc(C)cc(NC(=O)N2[C@H]3CCC[C@H]2CC(NC(=O)c2ccccc2)C3)c1. The highest BCUT2D eigenvalue weighted by molar-refractivity contribution is 5.94. The second-order valence-electron chi connectivity index (χ2n) is 8.46. The summed E-state index contributed by atoms with van der Waals surface area (Å²) < 4.78 is 0. The molecule has 5 heteroatoms. The van der Waals surface area contributed by atoms with Crippen LogP contribution in [0, 0.1) is 13.8 Å². The number of amides is 3. The molecule has 0 saturated carbocycles. The van der Waals surface area contributed by atoms with Crippen molar-refractivity contribution in [3.8, 4) is 0 Å². The minimum absolute atomic E-state index is 0.0162. The zero-order valence-electron chi connectivity index (χ0n) is 17.2. The summed E-state index contributed by atoms with van der Waals surface area (Å²) in [5.41, 5.74) is 3.82.